The zero-order valence-corrected chi connectivity index (χ0v) is 19.0. The lowest BCUT2D eigenvalue weighted by molar-refractivity contribution is 0.0176. The predicted octanol–water partition coefficient (Wildman–Crippen LogP) is 4.94. The van der Waals surface area contributed by atoms with Crippen molar-refractivity contribution in [3.05, 3.63) is 71.9 Å². The third-order valence-corrected chi connectivity index (χ3v) is 5.93. The lowest BCUT2D eigenvalue weighted by atomic mass is 9.72. The van der Waals surface area contributed by atoms with E-state index < -0.39 is 11.0 Å². The molecule has 2 aromatic heterocycles. The summed E-state index contributed by atoms with van der Waals surface area (Å²) in [6, 6.07) is 14.4. The minimum atomic E-state index is -0.530. The number of benzene rings is 1. The van der Waals surface area contributed by atoms with Gasteiger partial charge in [-0.15, -0.1) is 0 Å². The highest BCUT2D eigenvalue weighted by atomic mass is 19.1. The van der Waals surface area contributed by atoms with Gasteiger partial charge in [-0.2, -0.15) is 5.10 Å². The van der Waals surface area contributed by atoms with Crippen molar-refractivity contribution >= 4 is 6.09 Å². The van der Waals surface area contributed by atoms with Crippen molar-refractivity contribution in [2.75, 3.05) is 13.1 Å². The van der Waals surface area contributed by atoms with Gasteiger partial charge in [0.2, 0.25) is 0 Å². The number of pyridine rings is 1. The fourth-order valence-corrected chi connectivity index (χ4v) is 4.28. The summed E-state index contributed by atoms with van der Waals surface area (Å²) < 4.78 is 20.8. The second-order valence-corrected chi connectivity index (χ2v) is 9.31. The molecule has 3 heterocycles. The van der Waals surface area contributed by atoms with E-state index in [1.165, 1.54) is 12.1 Å². The molecule has 7 heteroatoms. The van der Waals surface area contributed by atoms with Crippen LogP contribution < -0.4 is 0 Å². The number of hydrogen-bond donors (Lipinski definition) is 0. The first-order chi connectivity index (χ1) is 15.2. The molecule has 0 saturated carbocycles. The van der Waals surface area contributed by atoms with Gasteiger partial charge in [-0.25, -0.2) is 9.18 Å². The third-order valence-electron chi connectivity index (χ3n) is 5.93. The van der Waals surface area contributed by atoms with Gasteiger partial charge in [0.05, 0.1) is 22.5 Å². The number of aryl methyl sites for hydroxylation is 1. The Morgan fingerprint density at radius 3 is 2.34 bits per heavy atom. The van der Waals surface area contributed by atoms with Crippen LogP contribution in [0.2, 0.25) is 0 Å². The number of piperidine rings is 1. The predicted molar refractivity (Wildman–Crippen MR) is 121 cm³/mol. The maximum absolute atomic E-state index is 13.4. The monoisotopic (exact) mass is 436 g/mol. The minimum Gasteiger partial charge on any atom is -0.444 e. The molecule has 0 atom stereocenters. The van der Waals surface area contributed by atoms with E-state index in [9.17, 15) is 9.18 Å². The van der Waals surface area contributed by atoms with Crippen LogP contribution in [0.5, 0.6) is 0 Å². The molecular formula is C25H29FN4O2. The van der Waals surface area contributed by atoms with E-state index in [4.69, 9.17) is 9.84 Å². The van der Waals surface area contributed by atoms with E-state index in [0.29, 0.717) is 25.9 Å². The van der Waals surface area contributed by atoms with Gasteiger partial charge in [0.25, 0.3) is 0 Å². The molecule has 1 fully saturated rings. The van der Waals surface area contributed by atoms with Crippen molar-refractivity contribution < 1.29 is 13.9 Å². The molecule has 0 N–H and O–H groups in total. The highest BCUT2D eigenvalue weighted by Gasteiger charge is 2.43. The van der Waals surface area contributed by atoms with Crippen LogP contribution in [-0.2, 0) is 17.2 Å². The topological polar surface area (TPSA) is 60.2 Å². The molecule has 3 aromatic rings. The van der Waals surface area contributed by atoms with Crippen molar-refractivity contribution in [3.63, 3.8) is 0 Å². The molecule has 1 aromatic carbocycles. The molecule has 1 saturated heterocycles. The number of halogens is 1. The van der Waals surface area contributed by atoms with E-state index in [1.807, 2.05) is 50.7 Å². The van der Waals surface area contributed by atoms with Crippen LogP contribution in [0.4, 0.5) is 9.18 Å². The Morgan fingerprint density at radius 1 is 1.06 bits per heavy atom. The summed E-state index contributed by atoms with van der Waals surface area (Å²) in [4.78, 5) is 19.0. The normalized spacial score (nSPS) is 16.1. The summed E-state index contributed by atoms with van der Waals surface area (Å²) in [5, 5.41) is 4.86. The largest absolute Gasteiger partial charge is 0.444 e. The molecule has 0 unspecified atom stereocenters. The van der Waals surface area contributed by atoms with Crippen molar-refractivity contribution in [1.29, 1.82) is 0 Å². The maximum Gasteiger partial charge on any atom is 0.410 e. The number of amides is 1. The highest BCUT2D eigenvalue weighted by molar-refractivity contribution is 5.68. The molecule has 6 nitrogen and oxygen atoms in total. The van der Waals surface area contributed by atoms with Gasteiger partial charge in [-0.3, -0.25) is 9.67 Å². The number of carbonyl (C=O) groups is 1. The van der Waals surface area contributed by atoms with Crippen LogP contribution in [-0.4, -0.2) is 44.4 Å². The van der Waals surface area contributed by atoms with Crippen molar-refractivity contribution in [3.8, 4) is 11.3 Å². The molecule has 1 aliphatic heterocycles. The van der Waals surface area contributed by atoms with Crippen molar-refractivity contribution in [2.24, 2.45) is 7.05 Å². The van der Waals surface area contributed by atoms with Crippen LogP contribution in [0.3, 0.4) is 0 Å². The van der Waals surface area contributed by atoms with Crippen molar-refractivity contribution in [1.82, 2.24) is 19.7 Å². The van der Waals surface area contributed by atoms with Crippen LogP contribution in [0.15, 0.2) is 54.7 Å². The standard InChI is InChI=1S/C25H29FN4O2/c1-24(2,3)32-23(31)30-15-12-25(13-16-30,21-7-5-6-14-27-21)22-17-20(29(4)28-22)18-8-10-19(26)11-9-18/h5-11,14,17H,12-13,15-16H2,1-4H3. The van der Waals surface area contributed by atoms with Gasteiger partial charge in [0.15, 0.2) is 0 Å². The SMILES string of the molecule is Cn1nc(C2(c3ccccn3)CCN(C(=O)OC(C)(C)C)CC2)cc1-c1ccc(F)cc1. The number of hydrogen-bond acceptors (Lipinski definition) is 4. The first kappa shape index (κ1) is 22.0. The number of carbonyl (C=O) groups excluding carboxylic acids is 1. The lowest BCUT2D eigenvalue weighted by Gasteiger charge is -2.40. The zero-order valence-electron chi connectivity index (χ0n) is 19.0. The van der Waals surface area contributed by atoms with E-state index >= 15 is 0 Å². The molecule has 32 heavy (non-hydrogen) atoms. The molecule has 1 aliphatic rings. The fraction of sp³-hybridized carbons (Fsp3) is 0.400. The first-order valence-corrected chi connectivity index (χ1v) is 10.9. The molecule has 0 aliphatic carbocycles. The Hall–Kier alpha value is -3.22. The maximum atomic E-state index is 13.4. The summed E-state index contributed by atoms with van der Waals surface area (Å²) in [7, 11) is 1.89. The van der Waals surface area contributed by atoms with E-state index in [2.05, 4.69) is 11.1 Å². The van der Waals surface area contributed by atoms with E-state index in [0.717, 1.165) is 22.6 Å². The van der Waals surface area contributed by atoms with Gasteiger partial charge in [0, 0.05) is 26.3 Å². The van der Waals surface area contributed by atoms with E-state index in [1.54, 1.807) is 23.2 Å². The number of aromatic nitrogens is 3. The van der Waals surface area contributed by atoms with Gasteiger partial charge in [0.1, 0.15) is 11.4 Å². The fourth-order valence-electron chi connectivity index (χ4n) is 4.28. The molecule has 168 valence electrons. The number of rotatable bonds is 3. The van der Waals surface area contributed by atoms with Crippen molar-refractivity contribution in [2.45, 2.75) is 44.6 Å². The average Bonchev–Trinajstić information content (AvgIpc) is 3.16. The van der Waals surface area contributed by atoms with Gasteiger partial charge in [-0.05, 0) is 81.6 Å². The Kier molecular flexibility index (Phi) is 5.75. The number of likely N-dealkylation sites (tertiary alicyclic amines) is 1. The van der Waals surface area contributed by atoms with Gasteiger partial charge < -0.3 is 9.64 Å². The molecule has 4 rings (SSSR count). The molecule has 0 bridgehead atoms. The molecule has 0 radical (unpaired) electrons. The van der Waals surface area contributed by atoms with Gasteiger partial charge in [-0.1, -0.05) is 6.07 Å². The Labute approximate surface area is 188 Å². The Balaban J connectivity index is 1.67. The quantitative estimate of drug-likeness (QED) is 0.584. The second-order valence-electron chi connectivity index (χ2n) is 9.31. The number of ether oxygens (including phenoxy) is 1. The van der Waals surface area contributed by atoms with Crippen LogP contribution in [0, 0.1) is 5.82 Å². The van der Waals surface area contributed by atoms with E-state index in [-0.39, 0.29) is 11.9 Å². The number of nitrogens with zero attached hydrogens (tertiary/aromatic N) is 4. The zero-order chi connectivity index (χ0) is 22.9. The lowest BCUT2D eigenvalue weighted by Crippen LogP contribution is -2.47. The van der Waals surface area contributed by atoms with Crippen LogP contribution >= 0.6 is 0 Å². The molecular weight excluding hydrogens is 407 g/mol. The average molecular weight is 437 g/mol. The Morgan fingerprint density at radius 2 is 1.75 bits per heavy atom. The highest BCUT2D eigenvalue weighted by Crippen LogP contribution is 2.41. The summed E-state index contributed by atoms with van der Waals surface area (Å²) in [5.41, 5.74) is 2.70. The summed E-state index contributed by atoms with van der Waals surface area (Å²) >= 11 is 0. The first-order valence-electron chi connectivity index (χ1n) is 10.9. The summed E-state index contributed by atoms with van der Waals surface area (Å²) in [6.07, 6.45) is 2.87. The van der Waals surface area contributed by atoms with Crippen LogP contribution in [0.1, 0.15) is 45.0 Å². The summed E-state index contributed by atoms with van der Waals surface area (Å²) in [5.74, 6) is -0.268. The minimum absolute atomic E-state index is 0.268. The van der Waals surface area contributed by atoms with Crippen LogP contribution in [0.25, 0.3) is 11.3 Å². The second kappa shape index (κ2) is 8.37. The van der Waals surface area contributed by atoms with Gasteiger partial charge >= 0.3 is 6.09 Å². The molecule has 1 amide bonds. The molecule has 0 spiro atoms. The smallest absolute Gasteiger partial charge is 0.410 e. The Bertz CT molecular complexity index is 1080. The third kappa shape index (κ3) is 4.38. The summed E-state index contributed by atoms with van der Waals surface area (Å²) in [6.45, 7) is 6.72.